The molecular formula is C52H57O25+. The van der Waals surface area contributed by atoms with Gasteiger partial charge in [0.25, 0.3) is 0 Å². The molecule has 4 aliphatic heterocycles. The van der Waals surface area contributed by atoms with E-state index in [1.54, 1.807) is 0 Å². The Morgan fingerprint density at radius 3 is 1.78 bits per heavy atom. The van der Waals surface area contributed by atoms with Gasteiger partial charge in [-0.3, -0.25) is 0 Å². The van der Waals surface area contributed by atoms with Crippen molar-refractivity contribution in [1.82, 2.24) is 0 Å². The number of phenolic OH excluding ortho intramolecular Hbond substituents is 3. The summed E-state index contributed by atoms with van der Waals surface area (Å²) in [6.07, 6.45) is -20.5. The van der Waals surface area contributed by atoms with Crippen molar-refractivity contribution in [3.8, 4) is 23.0 Å². The van der Waals surface area contributed by atoms with Crippen LogP contribution in [0.2, 0.25) is 0 Å². The summed E-state index contributed by atoms with van der Waals surface area (Å²) >= 11 is 0. The predicted molar refractivity (Wildman–Crippen MR) is 259 cm³/mol. The highest BCUT2D eigenvalue weighted by Gasteiger charge is 2.53. The third-order valence-electron chi connectivity index (χ3n) is 12.8. The minimum absolute atomic E-state index is 0.00569. The van der Waals surface area contributed by atoms with Gasteiger partial charge in [-0.1, -0.05) is 18.2 Å². The number of fused-ring (bicyclic) bond motifs is 1. The van der Waals surface area contributed by atoms with Gasteiger partial charge in [-0.15, -0.1) is 0 Å². The molecule has 14 N–H and O–H groups in total. The summed E-state index contributed by atoms with van der Waals surface area (Å²) in [7, 11) is 1.33. The molecule has 5 aliphatic rings. The van der Waals surface area contributed by atoms with Crippen molar-refractivity contribution in [1.29, 1.82) is 0 Å². The first kappa shape index (κ1) is 56.1. The Labute approximate surface area is 437 Å². The van der Waals surface area contributed by atoms with Gasteiger partial charge >= 0.3 is 17.7 Å². The number of aliphatic hydroxyl groups is 12. The molecule has 414 valence electrons. The van der Waals surface area contributed by atoms with Crippen molar-refractivity contribution in [2.24, 2.45) is 0 Å². The summed E-state index contributed by atoms with van der Waals surface area (Å²) in [4.78, 5) is 25.7. The molecule has 0 bridgehead atoms. The summed E-state index contributed by atoms with van der Waals surface area (Å²) in [5.74, 6) is -2.97. The Morgan fingerprint density at radius 1 is 0.610 bits per heavy atom. The van der Waals surface area contributed by atoms with Crippen LogP contribution in [0.25, 0.3) is 17.9 Å². The maximum absolute atomic E-state index is 13.0. The number of aromatic hydroxyl groups is 3. The molecule has 0 radical (unpaired) electrons. The molecule has 77 heavy (non-hydrogen) atoms. The third kappa shape index (κ3) is 13.0. The number of methoxy groups -OCH3 is 1. The molecule has 16 unspecified atom stereocenters. The Morgan fingerprint density at radius 2 is 1.16 bits per heavy atom. The Bertz CT molecular complexity index is 2750. The summed E-state index contributed by atoms with van der Waals surface area (Å²) in [6, 6.07) is 15.6. The number of aliphatic hydroxyl groups excluding tert-OH is 10. The zero-order valence-electron chi connectivity index (χ0n) is 40.5. The predicted octanol–water partition coefficient (Wildman–Crippen LogP) is -1.36. The largest absolute Gasteiger partial charge is 0.571 e. The monoisotopic (exact) mass is 1080 g/mol. The number of phenols is 3. The fourth-order valence-corrected chi connectivity index (χ4v) is 8.52. The first-order valence-corrected chi connectivity index (χ1v) is 23.8. The smallest absolute Gasteiger partial charge is 0.330 e. The van der Waals surface area contributed by atoms with Gasteiger partial charge in [0, 0.05) is 24.3 Å². The topological polar surface area (TPSA) is 393 Å². The Hall–Kier alpha value is -7.08. The van der Waals surface area contributed by atoms with Crippen molar-refractivity contribution in [2.45, 2.75) is 98.2 Å². The molecular weight excluding hydrogens is 1020 g/mol. The van der Waals surface area contributed by atoms with Crippen LogP contribution in [0.1, 0.15) is 16.7 Å². The Kier molecular flexibility index (Phi) is 17.9. The quantitative estimate of drug-likeness (QED) is 0.0422. The van der Waals surface area contributed by atoms with Gasteiger partial charge in [-0.05, 0) is 71.8 Å². The van der Waals surface area contributed by atoms with Crippen LogP contribution in [0.5, 0.6) is 23.0 Å². The Balaban J connectivity index is 1.10. The SMILES string of the molecule is COc1cc(C=CC(=O)OCC2OC(OC3=C(c4ccc(O)cc4)[OH+]C4C=C(O)C=C(OC5OC(CO)C(O)C(O)C5O)C4=C3)C(OC3OC(COC(=O)C=Cc4ccc(O)cc4)C(O)C(O)C3O)C(O)C2O)ccc1O. The van der Waals surface area contributed by atoms with E-state index in [2.05, 4.69) is 0 Å². The van der Waals surface area contributed by atoms with Crippen LogP contribution in [-0.2, 0) is 47.5 Å². The van der Waals surface area contributed by atoms with E-state index in [4.69, 9.17) is 47.4 Å². The molecule has 25 heteroatoms. The van der Waals surface area contributed by atoms with E-state index < -0.39 is 136 Å². The summed E-state index contributed by atoms with van der Waals surface area (Å²) in [5, 5.41) is 139. The lowest BCUT2D eigenvalue weighted by molar-refractivity contribution is -0.363. The average Bonchev–Trinajstić information content (AvgIpc) is 3.46. The van der Waals surface area contributed by atoms with Crippen LogP contribution in [0, 0.1) is 0 Å². The number of benzene rings is 3. The second-order valence-corrected chi connectivity index (χ2v) is 18.1. The van der Waals surface area contributed by atoms with Gasteiger partial charge in [0.2, 0.25) is 24.4 Å². The van der Waals surface area contributed by atoms with Gasteiger partial charge in [-0.2, -0.15) is 0 Å². The van der Waals surface area contributed by atoms with E-state index in [1.807, 2.05) is 0 Å². The molecule has 0 amide bonds. The average molecular weight is 1080 g/mol. The molecule has 0 aromatic heterocycles. The van der Waals surface area contributed by atoms with Crippen LogP contribution in [-0.4, -0.2) is 208 Å². The van der Waals surface area contributed by atoms with Crippen LogP contribution in [0.15, 0.2) is 120 Å². The molecule has 3 saturated heterocycles. The number of allylic oxidation sites excluding steroid dienone is 2. The lowest BCUT2D eigenvalue weighted by Crippen LogP contribution is -2.64. The zero-order chi connectivity index (χ0) is 55.2. The standard InChI is InChI=1S/C52H56O25/c1-68-33-16-24(4-13-30(33)57)6-15-39(59)70-22-37-42(62)45(65)49(77-51-47(67)44(64)41(61)36(75-51)21-69-38(58)14-5-23-2-9-26(54)10-3-23)52(76-37)73-34-19-29-31(71-48(34)25-7-11-27(55)12-8-25)17-28(56)18-32(29)72-50-46(66)43(63)40(60)35(20-53)74-50/h2-19,31,35-37,40-47,49-57,60-67H,20-22H2,1H3/p+1. The fraction of sp³-hybridized carbons (Fsp3) is 0.385. The normalized spacial score (nSPS) is 32.3. The summed E-state index contributed by atoms with van der Waals surface area (Å²) < 4.78 is 56.6. The number of esters is 2. The van der Waals surface area contributed by atoms with Crippen LogP contribution >= 0.6 is 0 Å². The van der Waals surface area contributed by atoms with Crippen LogP contribution < -0.4 is 4.74 Å². The molecule has 0 saturated carbocycles. The van der Waals surface area contributed by atoms with Gasteiger partial charge in [0.1, 0.15) is 103 Å². The van der Waals surface area contributed by atoms with Gasteiger partial charge < -0.3 is 114 Å². The van der Waals surface area contributed by atoms with Crippen molar-refractivity contribution in [3.63, 3.8) is 0 Å². The van der Waals surface area contributed by atoms with E-state index in [-0.39, 0.29) is 51.4 Å². The van der Waals surface area contributed by atoms with Crippen molar-refractivity contribution in [3.05, 3.63) is 137 Å². The van der Waals surface area contributed by atoms with Gasteiger partial charge in [0.15, 0.2) is 23.9 Å². The molecule has 3 aromatic rings. The number of hydrogen-bond acceptors (Lipinski definition) is 24. The molecule has 3 fully saturated rings. The second-order valence-electron chi connectivity index (χ2n) is 18.1. The fourth-order valence-electron chi connectivity index (χ4n) is 8.52. The third-order valence-corrected chi connectivity index (χ3v) is 12.8. The van der Waals surface area contributed by atoms with Gasteiger partial charge in [0.05, 0.1) is 30.9 Å². The lowest BCUT2D eigenvalue weighted by atomic mass is 9.96. The lowest BCUT2D eigenvalue weighted by Gasteiger charge is -2.46. The van der Waals surface area contributed by atoms with E-state index in [9.17, 15) is 76.0 Å². The van der Waals surface area contributed by atoms with Crippen molar-refractivity contribution >= 4 is 29.8 Å². The first-order valence-electron chi connectivity index (χ1n) is 23.8. The number of carbonyl (C=O) groups excluding carboxylic acids is 2. The number of ether oxygens (including phenoxy) is 10. The maximum Gasteiger partial charge on any atom is 0.330 e. The molecule has 1 aliphatic carbocycles. The molecule has 25 nitrogen and oxygen atoms in total. The number of rotatable bonds is 17. The van der Waals surface area contributed by atoms with Crippen molar-refractivity contribution in [2.75, 3.05) is 26.9 Å². The minimum atomic E-state index is -2.10. The highest BCUT2D eigenvalue weighted by atomic mass is 16.8. The van der Waals surface area contributed by atoms with Crippen LogP contribution in [0.3, 0.4) is 0 Å². The molecule has 0 spiro atoms. The van der Waals surface area contributed by atoms with E-state index in [1.165, 1.54) is 98.1 Å². The van der Waals surface area contributed by atoms with Gasteiger partial charge in [-0.25, -0.2) is 9.59 Å². The number of hydrogen-bond donors (Lipinski definition) is 13. The highest BCUT2D eigenvalue weighted by molar-refractivity contribution is 5.87. The highest BCUT2D eigenvalue weighted by Crippen LogP contribution is 2.40. The van der Waals surface area contributed by atoms with E-state index >= 15 is 0 Å². The van der Waals surface area contributed by atoms with E-state index in [0.717, 1.165) is 18.2 Å². The van der Waals surface area contributed by atoms with E-state index in [0.29, 0.717) is 11.1 Å². The minimum Gasteiger partial charge on any atom is -0.571 e. The zero-order valence-corrected chi connectivity index (χ0v) is 40.5. The number of carbonyl (C=O) groups is 2. The molecule has 3 aromatic carbocycles. The maximum atomic E-state index is 13.0. The molecule has 8 rings (SSSR count). The summed E-state index contributed by atoms with van der Waals surface area (Å²) in [5.41, 5.74) is 1.29. The second kappa shape index (κ2) is 24.5. The van der Waals surface area contributed by atoms with Crippen LogP contribution in [0.4, 0.5) is 0 Å². The summed E-state index contributed by atoms with van der Waals surface area (Å²) in [6.45, 7) is -2.26. The molecule has 16 atom stereocenters. The van der Waals surface area contributed by atoms with Crippen molar-refractivity contribution < 1.29 is 123 Å². The molecule has 4 heterocycles. The first-order chi connectivity index (χ1) is 36.8.